The fourth-order valence-corrected chi connectivity index (χ4v) is 4.72. The number of amides is 2. The third kappa shape index (κ3) is 7.92. The largest absolute Gasteiger partial charge is 0.333 e. The van der Waals surface area contributed by atoms with Gasteiger partial charge in [0, 0.05) is 30.9 Å². The number of urea groups is 1. The summed E-state index contributed by atoms with van der Waals surface area (Å²) in [6.45, 7) is 4.97. The van der Waals surface area contributed by atoms with Gasteiger partial charge < -0.3 is 20.9 Å². The first-order chi connectivity index (χ1) is 15.4. The summed E-state index contributed by atoms with van der Waals surface area (Å²) >= 11 is 0. The van der Waals surface area contributed by atoms with E-state index in [0.717, 1.165) is 50.8 Å². The van der Waals surface area contributed by atoms with Crippen molar-refractivity contribution in [2.24, 2.45) is 5.73 Å². The number of hydrogen-bond donors (Lipinski definition) is 4. The summed E-state index contributed by atoms with van der Waals surface area (Å²) in [5.41, 5.74) is 11.1. The van der Waals surface area contributed by atoms with Gasteiger partial charge in [0.2, 0.25) is 0 Å². The van der Waals surface area contributed by atoms with E-state index < -0.39 is 16.2 Å². The van der Waals surface area contributed by atoms with E-state index in [1.807, 2.05) is 40.0 Å². The molecular formula is C23H42N6O3S. The Kier molecular flexibility index (Phi) is 10.1. The average Bonchev–Trinajstić information content (AvgIpc) is 3.40. The first kappa shape index (κ1) is 27.5. The second-order valence-electron chi connectivity index (χ2n) is 9.50. The Hall–Kier alpha value is -1.72. The maximum absolute atomic E-state index is 12.4. The molecule has 2 aliphatic rings. The predicted octanol–water partition coefficient (Wildman–Crippen LogP) is 1.47. The van der Waals surface area contributed by atoms with Crippen LogP contribution in [0.4, 0.5) is 10.5 Å². The third-order valence-corrected chi connectivity index (χ3v) is 7.61. The van der Waals surface area contributed by atoms with Crippen LogP contribution in [0.5, 0.6) is 0 Å². The van der Waals surface area contributed by atoms with E-state index in [1.54, 1.807) is 0 Å². The summed E-state index contributed by atoms with van der Waals surface area (Å²) < 4.78 is 28.7. The van der Waals surface area contributed by atoms with Crippen molar-refractivity contribution in [2.45, 2.75) is 64.5 Å². The summed E-state index contributed by atoms with van der Waals surface area (Å²) in [6, 6.07) is 2.11. The highest BCUT2D eigenvalue weighted by molar-refractivity contribution is 7.88. The van der Waals surface area contributed by atoms with Gasteiger partial charge in [-0.2, -0.15) is 13.1 Å². The minimum absolute atomic E-state index is 0.0234. The molecule has 5 N–H and O–H groups in total. The van der Waals surface area contributed by atoms with Gasteiger partial charge in [0.25, 0.3) is 0 Å². The van der Waals surface area contributed by atoms with Gasteiger partial charge >= 0.3 is 16.2 Å². The van der Waals surface area contributed by atoms with Crippen molar-refractivity contribution in [3.05, 3.63) is 28.3 Å². The Morgan fingerprint density at radius 2 is 1.48 bits per heavy atom. The van der Waals surface area contributed by atoms with Gasteiger partial charge in [0.1, 0.15) is 0 Å². The van der Waals surface area contributed by atoms with E-state index in [4.69, 9.17) is 5.73 Å². The van der Waals surface area contributed by atoms with Crippen LogP contribution in [0.3, 0.4) is 0 Å². The van der Waals surface area contributed by atoms with Crippen LogP contribution < -0.4 is 20.5 Å². The number of fused-ring (bicyclic) bond motifs is 2. The van der Waals surface area contributed by atoms with E-state index >= 15 is 0 Å². The molecule has 3 rings (SSSR count). The highest BCUT2D eigenvalue weighted by atomic mass is 32.2. The topological polar surface area (TPSA) is 120 Å². The smallest absolute Gasteiger partial charge is 0.329 e. The number of nitrogens with one attached hydrogen (secondary N) is 3. The highest BCUT2D eigenvalue weighted by Gasteiger charge is 2.26. The number of carbonyl (C=O) groups is 1. The summed E-state index contributed by atoms with van der Waals surface area (Å²) in [4.78, 5) is 16.4. The zero-order valence-corrected chi connectivity index (χ0v) is 21.8. The van der Waals surface area contributed by atoms with Crippen molar-refractivity contribution in [1.29, 1.82) is 0 Å². The van der Waals surface area contributed by atoms with Gasteiger partial charge in [0.05, 0.1) is 0 Å². The van der Waals surface area contributed by atoms with Crippen molar-refractivity contribution < 1.29 is 13.2 Å². The molecular weight excluding hydrogens is 440 g/mol. The Morgan fingerprint density at radius 1 is 0.970 bits per heavy atom. The maximum Gasteiger partial charge on any atom is 0.333 e. The molecule has 2 unspecified atom stereocenters. The molecule has 2 amide bonds. The minimum atomic E-state index is -3.90. The molecule has 0 saturated heterocycles. The summed E-state index contributed by atoms with van der Waals surface area (Å²) in [7, 11) is 3.90. The van der Waals surface area contributed by atoms with Crippen molar-refractivity contribution in [1.82, 2.24) is 19.2 Å². The summed E-state index contributed by atoms with van der Waals surface area (Å²) in [5.74, 6) is 0. The van der Waals surface area contributed by atoms with Gasteiger partial charge in [-0.25, -0.2) is 9.52 Å². The van der Waals surface area contributed by atoms with Crippen LogP contribution in [0.2, 0.25) is 0 Å². The van der Waals surface area contributed by atoms with Crippen LogP contribution in [0.15, 0.2) is 6.07 Å². The number of carbonyl (C=O) groups excluding carboxylic acids is 1. The quantitative estimate of drug-likeness (QED) is 0.445. The molecule has 0 spiro atoms. The van der Waals surface area contributed by atoms with E-state index in [9.17, 15) is 13.2 Å². The maximum atomic E-state index is 12.4. The van der Waals surface area contributed by atoms with Crippen molar-refractivity contribution in [3.63, 3.8) is 0 Å². The number of rotatable bonds is 8. The van der Waals surface area contributed by atoms with Crippen LogP contribution in [-0.2, 0) is 35.9 Å². The van der Waals surface area contributed by atoms with Crippen molar-refractivity contribution in [3.8, 4) is 0 Å². The Labute approximate surface area is 199 Å². The van der Waals surface area contributed by atoms with E-state index in [1.165, 1.54) is 22.3 Å². The van der Waals surface area contributed by atoms with E-state index in [0.29, 0.717) is 6.04 Å². The standard InChI is InChI=1S/C18H28N4O3S.C5H14N2/c1-12(22(2)3)11-19-26(24,25)21-18(23)20-17-15-8-4-6-13(15)10-14-7-5-9-16(14)17;1-5(4-6)7(2)3/h10,12,19H,4-9,11H2,1-3H3,(H2,20,21,23);5H,4,6H2,1-3H3. The summed E-state index contributed by atoms with van der Waals surface area (Å²) in [5, 5.41) is 2.83. The first-order valence-corrected chi connectivity index (χ1v) is 13.2. The molecule has 10 heteroatoms. The van der Waals surface area contributed by atoms with Gasteiger partial charge in [-0.1, -0.05) is 6.07 Å². The second-order valence-corrected chi connectivity index (χ2v) is 11.0. The Bertz CT molecular complexity index is 885. The van der Waals surface area contributed by atoms with Crippen molar-refractivity contribution in [2.75, 3.05) is 46.6 Å². The lowest BCUT2D eigenvalue weighted by atomic mass is 9.99. The molecule has 1 aromatic carbocycles. The molecule has 0 aromatic heterocycles. The van der Waals surface area contributed by atoms with Crippen LogP contribution in [0.1, 0.15) is 48.9 Å². The van der Waals surface area contributed by atoms with Gasteiger partial charge in [-0.15, -0.1) is 0 Å². The lowest BCUT2D eigenvalue weighted by Crippen LogP contribution is -2.46. The zero-order valence-electron chi connectivity index (χ0n) is 21.0. The van der Waals surface area contributed by atoms with Gasteiger partial charge in [0.15, 0.2) is 0 Å². The number of hydrogen-bond acceptors (Lipinski definition) is 6. The number of nitrogens with two attached hydrogens (primary N) is 1. The first-order valence-electron chi connectivity index (χ1n) is 11.7. The average molecular weight is 483 g/mol. The fraction of sp³-hybridized carbons (Fsp3) is 0.696. The molecule has 0 heterocycles. The number of likely N-dealkylation sites (N-methyl/N-ethyl adjacent to an activating group) is 2. The lowest BCUT2D eigenvalue weighted by molar-refractivity contribution is 0.256. The molecule has 1 aromatic rings. The van der Waals surface area contributed by atoms with E-state index in [2.05, 4.69) is 32.7 Å². The molecule has 9 nitrogen and oxygen atoms in total. The van der Waals surface area contributed by atoms with Crippen LogP contribution in [0.25, 0.3) is 0 Å². The normalized spacial score (nSPS) is 16.6. The summed E-state index contributed by atoms with van der Waals surface area (Å²) in [6.07, 6.45) is 6.09. The van der Waals surface area contributed by atoms with E-state index in [-0.39, 0.29) is 12.6 Å². The monoisotopic (exact) mass is 482 g/mol. The fourth-order valence-electron chi connectivity index (χ4n) is 3.89. The number of nitrogens with zero attached hydrogens (tertiary/aromatic N) is 2. The SMILES string of the molecule is CC(CN)N(C)C.CC(CNS(=O)(=O)NC(=O)Nc1c2c(cc3c1CCC3)CCC2)N(C)C. The Morgan fingerprint density at radius 3 is 1.91 bits per heavy atom. The second kappa shape index (κ2) is 12.1. The Balaban J connectivity index is 0.000000479. The van der Waals surface area contributed by atoms with Crippen molar-refractivity contribution >= 4 is 21.9 Å². The molecule has 2 atom stereocenters. The van der Waals surface area contributed by atoms with Crippen LogP contribution >= 0.6 is 0 Å². The van der Waals surface area contributed by atoms with Crippen LogP contribution in [-0.4, -0.2) is 77.6 Å². The van der Waals surface area contributed by atoms with Crippen LogP contribution in [0, 0.1) is 0 Å². The molecule has 33 heavy (non-hydrogen) atoms. The molecule has 2 aliphatic carbocycles. The molecule has 0 saturated carbocycles. The zero-order chi connectivity index (χ0) is 24.8. The van der Waals surface area contributed by atoms with Gasteiger partial charge in [-0.05, 0) is 103 Å². The minimum Gasteiger partial charge on any atom is -0.329 e. The molecule has 0 aliphatic heterocycles. The highest BCUT2D eigenvalue weighted by Crippen LogP contribution is 2.38. The molecule has 0 bridgehead atoms. The number of anilines is 1. The molecule has 0 fully saturated rings. The molecule has 0 radical (unpaired) electrons. The lowest BCUT2D eigenvalue weighted by Gasteiger charge is -2.20. The number of aryl methyl sites for hydroxylation is 2. The molecule has 188 valence electrons. The predicted molar refractivity (Wildman–Crippen MR) is 135 cm³/mol. The van der Waals surface area contributed by atoms with Gasteiger partial charge in [-0.3, -0.25) is 0 Å². The third-order valence-electron chi connectivity index (χ3n) is 6.61. The number of benzene rings is 1.